The zero-order valence-electron chi connectivity index (χ0n) is 16.6. The summed E-state index contributed by atoms with van der Waals surface area (Å²) in [5.41, 5.74) is 6.06. The summed E-state index contributed by atoms with van der Waals surface area (Å²) in [5.74, 6) is 0.641. The molecule has 1 aromatic heterocycles. The summed E-state index contributed by atoms with van der Waals surface area (Å²) in [6.07, 6.45) is 4.72. The van der Waals surface area contributed by atoms with Gasteiger partial charge in [0.05, 0.1) is 13.0 Å². The largest absolute Gasteiger partial charge is 0.469 e. The molecule has 9 nitrogen and oxygen atoms in total. The minimum Gasteiger partial charge on any atom is -0.469 e. The van der Waals surface area contributed by atoms with Crippen LogP contribution in [0.1, 0.15) is 31.2 Å². The van der Waals surface area contributed by atoms with Gasteiger partial charge in [0.25, 0.3) is 0 Å². The van der Waals surface area contributed by atoms with Crippen molar-refractivity contribution in [2.75, 3.05) is 38.2 Å². The van der Waals surface area contributed by atoms with Crippen molar-refractivity contribution in [3.8, 4) is 0 Å². The molecule has 10 heteroatoms. The molecular weight excluding hydrogens is 396 g/mol. The van der Waals surface area contributed by atoms with E-state index in [0.717, 1.165) is 31.5 Å². The van der Waals surface area contributed by atoms with Gasteiger partial charge in [-0.1, -0.05) is 0 Å². The molecule has 0 aromatic carbocycles. The molecule has 29 heavy (non-hydrogen) atoms. The molecule has 3 rings (SSSR count). The third-order valence-electron chi connectivity index (χ3n) is 5.54. The number of anilines is 1. The first-order valence-corrected chi connectivity index (χ1v) is 9.66. The van der Waals surface area contributed by atoms with Crippen molar-refractivity contribution in [1.82, 2.24) is 15.2 Å². The summed E-state index contributed by atoms with van der Waals surface area (Å²) in [5, 5.41) is 10.5. The van der Waals surface area contributed by atoms with E-state index in [4.69, 9.17) is 15.9 Å². The number of urea groups is 1. The molecule has 0 spiro atoms. The Morgan fingerprint density at radius 1 is 1.17 bits per heavy atom. The van der Waals surface area contributed by atoms with Crippen LogP contribution >= 0.6 is 12.4 Å². The van der Waals surface area contributed by atoms with Gasteiger partial charge in [0.15, 0.2) is 0 Å². The highest BCUT2D eigenvalue weighted by molar-refractivity contribution is 5.94. The molecule has 0 unspecified atom stereocenters. The minimum atomic E-state index is -0.147. The van der Waals surface area contributed by atoms with Gasteiger partial charge in [-0.25, -0.2) is 9.78 Å². The number of amidine groups is 1. The second kappa shape index (κ2) is 10.3. The monoisotopic (exact) mass is 424 g/mol. The lowest BCUT2D eigenvalue weighted by molar-refractivity contribution is -0.146. The zero-order chi connectivity index (χ0) is 20.1. The standard InChI is InChI=1S/C19H28N6O3.ClH/c1-28-18(26)13-2-5-15(6-3-13)23-19(27)25-10-8-24(9-11-25)16-7-4-14(12-22-16)17(20)21;/h4,7,12-13,15H,2-3,5-6,8-11H2,1H3,(H3,20,21)(H,23,27);1H. The Morgan fingerprint density at radius 2 is 1.83 bits per heavy atom. The number of aromatic nitrogens is 1. The van der Waals surface area contributed by atoms with Gasteiger partial charge in [0, 0.05) is 44.0 Å². The number of nitrogens with two attached hydrogens (primary N) is 1. The molecule has 1 aliphatic carbocycles. The van der Waals surface area contributed by atoms with E-state index in [2.05, 4.69) is 15.2 Å². The Balaban J connectivity index is 0.00000300. The molecule has 1 saturated carbocycles. The van der Waals surface area contributed by atoms with Gasteiger partial charge in [0.2, 0.25) is 0 Å². The molecule has 0 radical (unpaired) electrons. The summed E-state index contributed by atoms with van der Waals surface area (Å²) < 4.78 is 4.80. The average molecular weight is 425 g/mol. The molecule has 2 amide bonds. The Morgan fingerprint density at radius 3 is 2.34 bits per heavy atom. The predicted molar refractivity (Wildman–Crippen MR) is 113 cm³/mol. The maximum Gasteiger partial charge on any atom is 0.317 e. The minimum absolute atomic E-state index is 0. The van der Waals surface area contributed by atoms with Crippen molar-refractivity contribution in [2.45, 2.75) is 31.7 Å². The SMILES string of the molecule is COC(=O)C1CCC(NC(=O)N2CCN(c3ccc(C(=N)N)cn3)CC2)CC1.Cl. The van der Waals surface area contributed by atoms with Crippen molar-refractivity contribution in [1.29, 1.82) is 5.41 Å². The van der Waals surface area contributed by atoms with Crippen LogP contribution in [0.15, 0.2) is 18.3 Å². The Kier molecular flexibility index (Phi) is 8.07. The molecule has 0 bridgehead atoms. The van der Waals surface area contributed by atoms with Crippen LogP contribution in [-0.4, -0.2) is 67.1 Å². The van der Waals surface area contributed by atoms with Gasteiger partial charge < -0.3 is 25.6 Å². The second-order valence-electron chi connectivity index (χ2n) is 7.31. The number of pyridine rings is 1. The third kappa shape index (κ3) is 5.72. The highest BCUT2D eigenvalue weighted by Crippen LogP contribution is 2.25. The number of amides is 2. The van der Waals surface area contributed by atoms with Crippen LogP contribution in [0.3, 0.4) is 0 Å². The fourth-order valence-electron chi connectivity index (χ4n) is 3.78. The Hall–Kier alpha value is -2.55. The molecular formula is C19H29ClN6O3. The van der Waals surface area contributed by atoms with Crippen molar-refractivity contribution < 1.29 is 14.3 Å². The number of carbonyl (C=O) groups is 2. The summed E-state index contributed by atoms with van der Waals surface area (Å²) in [6, 6.07) is 3.72. The van der Waals surface area contributed by atoms with Crippen molar-refractivity contribution in [3.63, 3.8) is 0 Å². The Labute approximate surface area is 176 Å². The first kappa shape index (κ1) is 22.7. The summed E-state index contributed by atoms with van der Waals surface area (Å²) >= 11 is 0. The van der Waals surface area contributed by atoms with E-state index in [1.807, 2.05) is 11.0 Å². The highest BCUT2D eigenvalue weighted by atomic mass is 35.5. The number of nitrogens with one attached hydrogen (secondary N) is 2. The van der Waals surface area contributed by atoms with Crippen LogP contribution in [0, 0.1) is 11.3 Å². The number of nitrogen functional groups attached to an aromatic ring is 1. The van der Waals surface area contributed by atoms with Crippen LogP contribution in [0.4, 0.5) is 10.6 Å². The van der Waals surface area contributed by atoms with Crippen molar-refractivity contribution in [2.24, 2.45) is 11.7 Å². The number of ether oxygens (including phenoxy) is 1. The van der Waals surface area contributed by atoms with E-state index < -0.39 is 0 Å². The quantitative estimate of drug-likeness (QED) is 0.380. The molecule has 0 atom stereocenters. The summed E-state index contributed by atoms with van der Waals surface area (Å²) in [4.78, 5) is 32.5. The van der Waals surface area contributed by atoms with Gasteiger partial charge in [-0.15, -0.1) is 12.4 Å². The predicted octanol–water partition coefficient (Wildman–Crippen LogP) is 1.35. The number of hydrogen-bond donors (Lipinski definition) is 3. The van der Waals surface area contributed by atoms with Gasteiger partial charge in [-0.2, -0.15) is 0 Å². The molecule has 2 aliphatic rings. The van der Waals surface area contributed by atoms with Crippen molar-refractivity contribution in [3.05, 3.63) is 23.9 Å². The number of rotatable bonds is 4. The molecule has 2 fully saturated rings. The van der Waals surface area contributed by atoms with E-state index in [0.29, 0.717) is 31.7 Å². The van der Waals surface area contributed by atoms with Crippen LogP contribution in [-0.2, 0) is 9.53 Å². The third-order valence-corrected chi connectivity index (χ3v) is 5.54. The number of hydrogen-bond acceptors (Lipinski definition) is 6. The van der Waals surface area contributed by atoms with Gasteiger partial charge in [0.1, 0.15) is 11.7 Å². The maximum atomic E-state index is 12.6. The first-order valence-electron chi connectivity index (χ1n) is 9.66. The van der Waals surface area contributed by atoms with Crippen LogP contribution in [0.25, 0.3) is 0 Å². The van der Waals surface area contributed by atoms with Crippen LogP contribution < -0.4 is 16.0 Å². The summed E-state index contributed by atoms with van der Waals surface area (Å²) in [6.45, 7) is 2.66. The molecule has 4 N–H and O–H groups in total. The molecule has 1 saturated heterocycles. The second-order valence-corrected chi connectivity index (χ2v) is 7.31. The van der Waals surface area contributed by atoms with E-state index >= 15 is 0 Å². The van der Waals surface area contributed by atoms with Gasteiger partial charge >= 0.3 is 12.0 Å². The number of halogens is 1. The fourth-order valence-corrected chi connectivity index (χ4v) is 3.78. The molecule has 1 aromatic rings. The van der Waals surface area contributed by atoms with E-state index in [9.17, 15) is 9.59 Å². The first-order chi connectivity index (χ1) is 13.5. The zero-order valence-corrected chi connectivity index (χ0v) is 17.4. The van der Waals surface area contributed by atoms with Crippen LogP contribution in [0.5, 0.6) is 0 Å². The molecule has 1 aliphatic heterocycles. The molecule has 160 valence electrons. The van der Waals surface area contributed by atoms with Gasteiger partial charge in [-0.3, -0.25) is 10.2 Å². The van der Waals surface area contributed by atoms with E-state index in [1.165, 1.54) is 7.11 Å². The number of methoxy groups -OCH3 is 1. The Bertz CT molecular complexity index is 713. The highest BCUT2D eigenvalue weighted by Gasteiger charge is 2.29. The lowest BCUT2D eigenvalue weighted by atomic mass is 9.86. The molecule has 2 heterocycles. The average Bonchev–Trinajstić information content (AvgIpc) is 2.74. The van der Waals surface area contributed by atoms with E-state index in [-0.39, 0.29) is 42.2 Å². The number of esters is 1. The van der Waals surface area contributed by atoms with Crippen molar-refractivity contribution >= 4 is 36.1 Å². The van der Waals surface area contributed by atoms with Crippen LogP contribution in [0.2, 0.25) is 0 Å². The lowest BCUT2D eigenvalue weighted by Crippen LogP contribution is -2.54. The number of piperazine rings is 1. The topological polar surface area (TPSA) is 125 Å². The lowest BCUT2D eigenvalue weighted by Gasteiger charge is -2.37. The van der Waals surface area contributed by atoms with Gasteiger partial charge in [-0.05, 0) is 37.8 Å². The summed E-state index contributed by atoms with van der Waals surface area (Å²) in [7, 11) is 1.42. The fraction of sp³-hybridized carbons (Fsp3) is 0.579. The number of nitrogens with zero attached hydrogens (tertiary/aromatic N) is 3. The normalized spacial score (nSPS) is 21.7. The number of carbonyl (C=O) groups excluding carboxylic acids is 2. The van der Waals surface area contributed by atoms with E-state index in [1.54, 1.807) is 12.3 Å². The maximum absolute atomic E-state index is 12.6. The smallest absolute Gasteiger partial charge is 0.317 e.